The summed E-state index contributed by atoms with van der Waals surface area (Å²) in [5.41, 5.74) is 2.50. The molecular formula is C12H13FN2. The topological polar surface area (TPSA) is 27.8 Å². The van der Waals surface area contributed by atoms with Crippen LogP contribution in [0.5, 0.6) is 0 Å². The highest BCUT2D eigenvalue weighted by Crippen LogP contribution is 2.15. The number of halogens is 1. The monoisotopic (exact) mass is 204 g/mol. The molecule has 0 saturated carbocycles. The Morgan fingerprint density at radius 3 is 2.87 bits per heavy atom. The lowest BCUT2D eigenvalue weighted by atomic mass is 10.2. The van der Waals surface area contributed by atoms with Crippen LogP contribution < -0.4 is 5.32 Å². The van der Waals surface area contributed by atoms with Crippen LogP contribution in [0.1, 0.15) is 11.3 Å². The normalized spacial score (nSPS) is 10.3. The third kappa shape index (κ3) is 2.37. The molecule has 1 aromatic heterocycles. The number of nitrogens with one attached hydrogen (secondary N) is 2. The van der Waals surface area contributed by atoms with Crippen molar-refractivity contribution in [1.82, 2.24) is 4.98 Å². The van der Waals surface area contributed by atoms with Gasteiger partial charge < -0.3 is 10.3 Å². The van der Waals surface area contributed by atoms with E-state index in [4.69, 9.17) is 0 Å². The van der Waals surface area contributed by atoms with Crippen molar-refractivity contribution >= 4 is 5.69 Å². The number of aromatic nitrogens is 1. The van der Waals surface area contributed by atoms with E-state index < -0.39 is 0 Å². The first kappa shape index (κ1) is 9.77. The van der Waals surface area contributed by atoms with Gasteiger partial charge in [-0.1, -0.05) is 6.07 Å². The Hall–Kier alpha value is -1.77. The summed E-state index contributed by atoms with van der Waals surface area (Å²) in [6.07, 6.45) is 1.85. The third-order valence-electron chi connectivity index (χ3n) is 2.26. The van der Waals surface area contributed by atoms with Crippen LogP contribution in [-0.4, -0.2) is 4.98 Å². The van der Waals surface area contributed by atoms with Crippen molar-refractivity contribution in [3.05, 3.63) is 53.6 Å². The average molecular weight is 204 g/mol. The first-order chi connectivity index (χ1) is 7.25. The van der Waals surface area contributed by atoms with Gasteiger partial charge in [0.1, 0.15) is 5.82 Å². The molecule has 3 heteroatoms. The molecule has 0 fully saturated rings. The molecule has 1 heterocycles. The molecule has 0 atom stereocenters. The van der Waals surface area contributed by atoms with Gasteiger partial charge in [-0.3, -0.25) is 0 Å². The SMILES string of the molecule is Cc1ccc(NCc2ccc[nH]2)c(F)c1. The van der Waals surface area contributed by atoms with Crippen LogP contribution in [0.4, 0.5) is 10.1 Å². The molecule has 2 nitrogen and oxygen atoms in total. The fourth-order valence-electron chi connectivity index (χ4n) is 1.43. The Morgan fingerprint density at radius 2 is 2.20 bits per heavy atom. The maximum absolute atomic E-state index is 13.4. The Bertz CT molecular complexity index is 435. The lowest BCUT2D eigenvalue weighted by Crippen LogP contribution is -2.01. The Morgan fingerprint density at radius 1 is 1.33 bits per heavy atom. The number of aromatic amines is 1. The number of benzene rings is 1. The van der Waals surface area contributed by atoms with Crippen molar-refractivity contribution in [2.45, 2.75) is 13.5 Å². The molecule has 0 aliphatic carbocycles. The van der Waals surface area contributed by atoms with Crippen LogP contribution in [-0.2, 0) is 6.54 Å². The summed E-state index contributed by atoms with van der Waals surface area (Å²) in [7, 11) is 0. The van der Waals surface area contributed by atoms with E-state index in [1.54, 1.807) is 6.07 Å². The summed E-state index contributed by atoms with van der Waals surface area (Å²) in [5, 5.41) is 3.04. The molecular weight excluding hydrogens is 191 g/mol. The average Bonchev–Trinajstić information content (AvgIpc) is 2.69. The lowest BCUT2D eigenvalue weighted by Gasteiger charge is -2.06. The smallest absolute Gasteiger partial charge is 0.146 e. The van der Waals surface area contributed by atoms with Crippen molar-refractivity contribution in [3.8, 4) is 0 Å². The summed E-state index contributed by atoms with van der Waals surface area (Å²) in [6.45, 7) is 2.48. The summed E-state index contributed by atoms with van der Waals surface area (Å²) in [5.74, 6) is -0.207. The molecule has 0 bridgehead atoms. The maximum atomic E-state index is 13.4. The van der Waals surface area contributed by atoms with Gasteiger partial charge >= 0.3 is 0 Å². The van der Waals surface area contributed by atoms with Crippen molar-refractivity contribution < 1.29 is 4.39 Å². The van der Waals surface area contributed by atoms with Crippen molar-refractivity contribution in [2.24, 2.45) is 0 Å². The van der Waals surface area contributed by atoms with E-state index in [-0.39, 0.29) is 5.82 Å². The maximum Gasteiger partial charge on any atom is 0.146 e. The van der Waals surface area contributed by atoms with Gasteiger partial charge in [-0.25, -0.2) is 4.39 Å². The zero-order valence-corrected chi connectivity index (χ0v) is 8.55. The van der Waals surface area contributed by atoms with Gasteiger partial charge in [0, 0.05) is 11.9 Å². The zero-order chi connectivity index (χ0) is 10.7. The molecule has 78 valence electrons. The Labute approximate surface area is 88.1 Å². The first-order valence-corrected chi connectivity index (χ1v) is 4.88. The highest BCUT2D eigenvalue weighted by molar-refractivity contribution is 5.46. The third-order valence-corrected chi connectivity index (χ3v) is 2.26. The van der Waals surface area contributed by atoms with Gasteiger partial charge in [0.05, 0.1) is 12.2 Å². The van der Waals surface area contributed by atoms with Crippen LogP contribution in [0.15, 0.2) is 36.5 Å². The molecule has 2 aromatic rings. The quantitative estimate of drug-likeness (QED) is 0.790. The van der Waals surface area contributed by atoms with Crippen LogP contribution >= 0.6 is 0 Å². The molecule has 0 amide bonds. The number of aryl methyl sites for hydroxylation is 1. The fourth-order valence-corrected chi connectivity index (χ4v) is 1.43. The zero-order valence-electron chi connectivity index (χ0n) is 8.55. The summed E-state index contributed by atoms with van der Waals surface area (Å²) in [4.78, 5) is 3.05. The molecule has 2 N–H and O–H groups in total. The second kappa shape index (κ2) is 4.17. The number of hydrogen-bond acceptors (Lipinski definition) is 1. The van der Waals surface area contributed by atoms with E-state index in [9.17, 15) is 4.39 Å². The molecule has 2 rings (SSSR count). The molecule has 0 aliphatic heterocycles. The number of rotatable bonds is 3. The van der Waals surface area contributed by atoms with Crippen molar-refractivity contribution in [3.63, 3.8) is 0 Å². The van der Waals surface area contributed by atoms with Crippen LogP contribution in [0.3, 0.4) is 0 Å². The van der Waals surface area contributed by atoms with Gasteiger partial charge in [-0.15, -0.1) is 0 Å². The van der Waals surface area contributed by atoms with Gasteiger partial charge in [-0.2, -0.15) is 0 Å². The predicted octanol–water partition coefficient (Wildman–Crippen LogP) is 3.07. The van der Waals surface area contributed by atoms with E-state index in [1.807, 2.05) is 31.3 Å². The standard InChI is InChI=1S/C12H13FN2/c1-9-4-5-12(11(13)7-9)15-8-10-3-2-6-14-10/h2-7,14-15H,8H2,1H3. The largest absolute Gasteiger partial charge is 0.377 e. The molecule has 1 aromatic carbocycles. The molecule has 0 unspecified atom stereocenters. The number of anilines is 1. The Kier molecular flexibility index (Phi) is 2.72. The minimum absolute atomic E-state index is 0.207. The van der Waals surface area contributed by atoms with E-state index in [0.717, 1.165) is 11.3 Å². The predicted molar refractivity (Wildman–Crippen MR) is 59.3 cm³/mol. The lowest BCUT2D eigenvalue weighted by molar-refractivity contribution is 0.629. The second-order valence-corrected chi connectivity index (χ2v) is 3.53. The van der Waals surface area contributed by atoms with E-state index in [0.29, 0.717) is 12.2 Å². The Balaban J connectivity index is 2.05. The number of H-pyrrole nitrogens is 1. The highest BCUT2D eigenvalue weighted by Gasteiger charge is 2.01. The fraction of sp³-hybridized carbons (Fsp3) is 0.167. The van der Waals surface area contributed by atoms with E-state index in [2.05, 4.69) is 10.3 Å². The molecule has 15 heavy (non-hydrogen) atoms. The minimum Gasteiger partial charge on any atom is -0.377 e. The molecule has 0 radical (unpaired) electrons. The van der Waals surface area contributed by atoms with Gasteiger partial charge in [-0.05, 0) is 36.8 Å². The van der Waals surface area contributed by atoms with Gasteiger partial charge in [0.2, 0.25) is 0 Å². The second-order valence-electron chi connectivity index (χ2n) is 3.53. The molecule has 0 aliphatic rings. The molecule has 0 spiro atoms. The minimum atomic E-state index is -0.207. The van der Waals surface area contributed by atoms with E-state index in [1.165, 1.54) is 6.07 Å². The first-order valence-electron chi connectivity index (χ1n) is 4.88. The van der Waals surface area contributed by atoms with Crippen LogP contribution in [0.25, 0.3) is 0 Å². The summed E-state index contributed by atoms with van der Waals surface area (Å²) >= 11 is 0. The van der Waals surface area contributed by atoms with Gasteiger partial charge in [0.15, 0.2) is 0 Å². The van der Waals surface area contributed by atoms with Gasteiger partial charge in [0.25, 0.3) is 0 Å². The van der Waals surface area contributed by atoms with Crippen LogP contribution in [0.2, 0.25) is 0 Å². The number of hydrogen-bond donors (Lipinski definition) is 2. The van der Waals surface area contributed by atoms with Crippen molar-refractivity contribution in [1.29, 1.82) is 0 Å². The van der Waals surface area contributed by atoms with Crippen LogP contribution in [0, 0.1) is 12.7 Å². The molecule has 0 saturated heterocycles. The summed E-state index contributed by atoms with van der Waals surface area (Å²) in [6, 6.07) is 9.05. The highest BCUT2D eigenvalue weighted by atomic mass is 19.1. The van der Waals surface area contributed by atoms with E-state index >= 15 is 0 Å². The summed E-state index contributed by atoms with van der Waals surface area (Å²) < 4.78 is 13.4. The van der Waals surface area contributed by atoms with Crippen molar-refractivity contribution in [2.75, 3.05) is 5.32 Å².